The third kappa shape index (κ3) is 7.14. The number of rotatable bonds is 11. The maximum absolute atomic E-state index is 13.4. The Kier molecular flexibility index (Phi) is 9.41. The number of sulfone groups is 1. The zero-order chi connectivity index (χ0) is 27.0. The van der Waals surface area contributed by atoms with E-state index in [2.05, 4.69) is 10.6 Å². The maximum Gasteiger partial charge on any atom is 0.238 e. The minimum Gasteiger partial charge on any atom is -0.367 e. The van der Waals surface area contributed by atoms with E-state index in [0.29, 0.717) is 25.1 Å². The maximum atomic E-state index is 13.4. The van der Waals surface area contributed by atoms with E-state index in [9.17, 15) is 18.0 Å². The number of carbonyl (C=O) groups is 2. The normalized spacial score (nSPS) is 17.3. The largest absolute Gasteiger partial charge is 0.367 e. The number of carbonyl (C=O) groups excluding carboxylic acids is 2. The second-order valence-corrected chi connectivity index (χ2v) is 11.4. The predicted molar refractivity (Wildman–Crippen MR) is 145 cm³/mol. The van der Waals surface area contributed by atoms with Gasteiger partial charge in [0.25, 0.3) is 0 Å². The topological polar surface area (TPSA) is 128 Å². The van der Waals surface area contributed by atoms with Crippen molar-refractivity contribution in [1.29, 1.82) is 0 Å². The summed E-state index contributed by atoms with van der Waals surface area (Å²) in [6.45, 7) is 1.69. The minimum absolute atomic E-state index is 0.0989. The molecule has 0 aromatic heterocycles. The summed E-state index contributed by atoms with van der Waals surface area (Å²) < 4.78 is 32.3. The number of aryl methyl sites for hydroxylation is 1. The van der Waals surface area contributed by atoms with Crippen LogP contribution in [0.15, 0.2) is 89.8 Å². The molecule has 0 bridgehead atoms. The summed E-state index contributed by atoms with van der Waals surface area (Å²) in [6, 6.07) is 23.5. The van der Waals surface area contributed by atoms with Crippen molar-refractivity contribution in [1.82, 2.24) is 10.6 Å². The van der Waals surface area contributed by atoms with E-state index in [1.165, 1.54) is 12.1 Å². The van der Waals surface area contributed by atoms with Gasteiger partial charge < -0.3 is 21.1 Å². The highest BCUT2D eigenvalue weighted by Gasteiger charge is 2.30. The van der Waals surface area contributed by atoms with Crippen molar-refractivity contribution in [2.45, 2.75) is 41.7 Å². The van der Waals surface area contributed by atoms with Crippen LogP contribution in [0.3, 0.4) is 0 Å². The smallest absolute Gasteiger partial charge is 0.238 e. The molecule has 4 rings (SSSR count). The molecule has 0 radical (unpaired) electrons. The average Bonchev–Trinajstić information content (AvgIpc) is 2.96. The first-order chi connectivity index (χ1) is 18.3. The monoisotopic (exact) mass is 535 g/mol. The Bertz CT molecular complexity index is 1310. The van der Waals surface area contributed by atoms with E-state index < -0.39 is 33.3 Å². The van der Waals surface area contributed by atoms with Crippen molar-refractivity contribution in [3.8, 4) is 0 Å². The van der Waals surface area contributed by atoms with Crippen LogP contribution >= 0.6 is 0 Å². The van der Waals surface area contributed by atoms with Crippen LogP contribution < -0.4 is 16.4 Å². The molecule has 0 spiro atoms. The first-order valence-corrected chi connectivity index (χ1v) is 14.2. The SMILES string of the molecule is N[C@@H](Cc1ccc(C(=O)C2CNCCO2)cc1)C(=O)N[C@@H](CCc1ccccc1)S(=O)(=O)c1ccccc1. The number of amides is 1. The molecule has 1 unspecified atom stereocenters. The molecule has 1 fully saturated rings. The molecule has 1 saturated heterocycles. The number of ketones is 1. The summed E-state index contributed by atoms with van der Waals surface area (Å²) in [7, 11) is -3.84. The highest BCUT2D eigenvalue weighted by atomic mass is 32.2. The average molecular weight is 536 g/mol. The van der Waals surface area contributed by atoms with Gasteiger partial charge in [-0.3, -0.25) is 9.59 Å². The van der Waals surface area contributed by atoms with Crippen molar-refractivity contribution in [3.63, 3.8) is 0 Å². The van der Waals surface area contributed by atoms with Crippen LogP contribution in [0.5, 0.6) is 0 Å². The molecule has 200 valence electrons. The fraction of sp³-hybridized carbons (Fsp3) is 0.310. The number of nitrogens with two attached hydrogens (primary N) is 1. The second-order valence-electron chi connectivity index (χ2n) is 9.31. The van der Waals surface area contributed by atoms with Gasteiger partial charge in [0.15, 0.2) is 15.6 Å². The Morgan fingerprint density at radius 1 is 0.947 bits per heavy atom. The Morgan fingerprint density at radius 2 is 1.61 bits per heavy atom. The summed E-state index contributed by atoms with van der Waals surface area (Å²) in [4.78, 5) is 25.8. The van der Waals surface area contributed by atoms with Crippen LogP contribution in [-0.2, 0) is 32.2 Å². The third-order valence-corrected chi connectivity index (χ3v) is 8.57. The van der Waals surface area contributed by atoms with Crippen molar-refractivity contribution < 1.29 is 22.7 Å². The Morgan fingerprint density at radius 3 is 2.24 bits per heavy atom. The number of Topliss-reactive ketones (excluding diaryl/α,β-unsaturated/α-hetero) is 1. The van der Waals surface area contributed by atoms with Gasteiger partial charge in [0.1, 0.15) is 11.5 Å². The summed E-state index contributed by atoms with van der Waals surface area (Å²) in [6.07, 6.45) is 0.359. The number of hydrogen-bond acceptors (Lipinski definition) is 7. The zero-order valence-corrected chi connectivity index (χ0v) is 21.9. The molecular formula is C29H33N3O5S. The van der Waals surface area contributed by atoms with E-state index in [1.807, 2.05) is 30.3 Å². The van der Waals surface area contributed by atoms with Gasteiger partial charge in [-0.15, -0.1) is 0 Å². The number of hydrogen-bond donors (Lipinski definition) is 3. The first kappa shape index (κ1) is 27.7. The Balaban J connectivity index is 1.42. The van der Waals surface area contributed by atoms with E-state index in [4.69, 9.17) is 10.5 Å². The van der Waals surface area contributed by atoms with Crippen molar-refractivity contribution in [2.75, 3.05) is 19.7 Å². The fourth-order valence-corrected chi connectivity index (χ4v) is 5.92. The summed E-state index contributed by atoms with van der Waals surface area (Å²) in [5.41, 5.74) is 8.46. The number of benzene rings is 3. The van der Waals surface area contributed by atoms with Crippen LogP contribution in [0.4, 0.5) is 0 Å². The Labute approximate surface area is 223 Å². The molecule has 9 heteroatoms. The zero-order valence-electron chi connectivity index (χ0n) is 21.1. The van der Waals surface area contributed by atoms with Gasteiger partial charge in [0, 0.05) is 18.7 Å². The molecule has 1 aliphatic heterocycles. The van der Waals surface area contributed by atoms with Gasteiger partial charge in [-0.1, -0.05) is 72.8 Å². The van der Waals surface area contributed by atoms with Crippen LogP contribution in [0.1, 0.15) is 27.9 Å². The van der Waals surface area contributed by atoms with Crippen LogP contribution in [0.25, 0.3) is 0 Å². The molecule has 3 aromatic carbocycles. The van der Waals surface area contributed by atoms with Crippen LogP contribution in [0, 0.1) is 0 Å². The van der Waals surface area contributed by atoms with E-state index in [-0.39, 0.29) is 23.5 Å². The molecule has 38 heavy (non-hydrogen) atoms. The molecule has 3 aromatic rings. The van der Waals surface area contributed by atoms with Gasteiger partial charge >= 0.3 is 0 Å². The second kappa shape index (κ2) is 12.9. The van der Waals surface area contributed by atoms with Gasteiger partial charge in [0.05, 0.1) is 17.5 Å². The molecule has 0 saturated carbocycles. The molecule has 8 nitrogen and oxygen atoms in total. The third-order valence-electron chi connectivity index (χ3n) is 6.54. The van der Waals surface area contributed by atoms with Crippen molar-refractivity contribution in [2.24, 2.45) is 5.73 Å². The highest BCUT2D eigenvalue weighted by Crippen LogP contribution is 2.19. The molecule has 4 N–H and O–H groups in total. The van der Waals surface area contributed by atoms with E-state index in [1.54, 1.807) is 42.5 Å². The highest BCUT2D eigenvalue weighted by molar-refractivity contribution is 7.92. The lowest BCUT2D eigenvalue weighted by atomic mass is 10.0. The summed E-state index contributed by atoms with van der Waals surface area (Å²) in [5.74, 6) is -0.650. The van der Waals surface area contributed by atoms with Crippen molar-refractivity contribution in [3.05, 3.63) is 102 Å². The summed E-state index contributed by atoms with van der Waals surface area (Å²) >= 11 is 0. The predicted octanol–water partition coefficient (Wildman–Crippen LogP) is 2.28. The van der Waals surface area contributed by atoms with E-state index >= 15 is 0 Å². The molecule has 1 amide bonds. The minimum atomic E-state index is -3.84. The lowest BCUT2D eigenvalue weighted by molar-refractivity contribution is -0.122. The van der Waals surface area contributed by atoms with Crippen molar-refractivity contribution >= 4 is 21.5 Å². The Hall–Kier alpha value is -3.37. The van der Waals surface area contributed by atoms with Crippen LogP contribution in [0.2, 0.25) is 0 Å². The van der Waals surface area contributed by atoms with Gasteiger partial charge in [-0.25, -0.2) is 8.42 Å². The number of morpholine rings is 1. The number of nitrogens with one attached hydrogen (secondary N) is 2. The van der Waals surface area contributed by atoms with Crippen LogP contribution in [-0.4, -0.2) is 57.3 Å². The summed E-state index contributed by atoms with van der Waals surface area (Å²) in [5, 5.41) is 4.70. The first-order valence-electron chi connectivity index (χ1n) is 12.7. The molecular weight excluding hydrogens is 502 g/mol. The van der Waals surface area contributed by atoms with Gasteiger partial charge in [0.2, 0.25) is 5.91 Å². The standard InChI is InChI=1S/C29H33N3O5S/c30-25(19-22-11-14-23(15-12-22)28(33)26-20-31-17-18-37-26)29(34)32-27(16-13-21-7-3-1-4-8-21)38(35,36)24-9-5-2-6-10-24/h1-12,14-15,25-27,31H,13,16-20,30H2,(H,32,34)/t25-,26?,27+/m0/s1. The lowest BCUT2D eigenvalue weighted by Crippen LogP contribution is -2.49. The molecule has 1 heterocycles. The fourth-order valence-electron chi connectivity index (χ4n) is 4.36. The molecule has 3 atom stereocenters. The molecule has 0 aliphatic carbocycles. The molecule has 1 aliphatic rings. The lowest BCUT2D eigenvalue weighted by Gasteiger charge is -2.23. The van der Waals surface area contributed by atoms with E-state index in [0.717, 1.165) is 17.7 Å². The van der Waals surface area contributed by atoms with Gasteiger partial charge in [-0.05, 0) is 42.5 Å². The number of ether oxygens (including phenoxy) is 1. The van der Waals surface area contributed by atoms with Gasteiger partial charge in [-0.2, -0.15) is 0 Å². The quantitative estimate of drug-likeness (QED) is 0.322.